The van der Waals surface area contributed by atoms with Crippen LogP contribution in [0.5, 0.6) is 0 Å². The highest BCUT2D eigenvalue weighted by Crippen LogP contribution is 2.23. The number of hydrogen-bond donors (Lipinski definition) is 1. The first-order valence-electron chi connectivity index (χ1n) is 7.73. The van der Waals surface area contributed by atoms with Crippen LogP contribution < -0.4 is 5.32 Å². The lowest BCUT2D eigenvalue weighted by molar-refractivity contribution is 0.426. The van der Waals surface area contributed by atoms with Gasteiger partial charge < -0.3 is 5.32 Å². The van der Waals surface area contributed by atoms with Crippen molar-refractivity contribution in [2.24, 2.45) is 10.9 Å². The Hall–Kier alpha value is -0.180. The molecule has 1 aliphatic carbocycles. The molecule has 2 rings (SSSR count). The molecule has 0 saturated heterocycles. The number of nitrogens with one attached hydrogen (secondary N) is 1. The first-order valence-corrected chi connectivity index (χ1v) is 8.71. The van der Waals surface area contributed by atoms with Crippen LogP contribution in [0.3, 0.4) is 0 Å². The van der Waals surface area contributed by atoms with Gasteiger partial charge in [-0.25, -0.2) is 0 Å². The fourth-order valence-corrected chi connectivity index (χ4v) is 3.88. The Morgan fingerprint density at radius 2 is 1.72 bits per heavy atom. The van der Waals surface area contributed by atoms with Gasteiger partial charge in [0.2, 0.25) is 0 Å². The van der Waals surface area contributed by atoms with Gasteiger partial charge in [-0.3, -0.25) is 4.99 Å². The molecule has 1 fully saturated rings. The van der Waals surface area contributed by atoms with Gasteiger partial charge in [-0.2, -0.15) is 0 Å². The third kappa shape index (κ3) is 4.49. The molecular weight excluding hydrogens is 240 g/mol. The molecular formula is C15H28N2S. The smallest absolute Gasteiger partial charge is 0.157 e. The molecule has 0 amide bonds. The third-order valence-corrected chi connectivity index (χ3v) is 5.07. The molecule has 104 valence electrons. The highest BCUT2D eigenvalue weighted by Gasteiger charge is 2.20. The van der Waals surface area contributed by atoms with Gasteiger partial charge in [0.05, 0.1) is 6.04 Å². The quantitative estimate of drug-likeness (QED) is 0.811. The van der Waals surface area contributed by atoms with Crippen molar-refractivity contribution in [1.29, 1.82) is 0 Å². The molecule has 2 aliphatic rings. The van der Waals surface area contributed by atoms with Crippen LogP contribution in [-0.4, -0.2) is 23.0 Å². The fourth-order valence-electron chi connectivity index (χ4n) is 2.87. The lowest BCUT2D eigenvalue weighted by Crippen LogP contribution is -2.36. The van der Waals surface area contributed by atoms with Crippen molar-refractivity contribution in [2.45, 2.75) is 77.3 Å². The molecule has 1 unspecified atom stereocenters. The molecule has 1 aliphatic heterocycles. The standard InChI is InChI=1S/C15H28N2S/c1-12(2)14-10-11-18-15(17-14)16-13-8-6-4-3-5-7-9-13/h12-14H,3-11H2,1-2H3,(H,16,17). The Balaban J connectivity index is 1.86. The number of rotatable bonds is 2. The molecule has 0 bridgehead atoms. The normalized spacial score (nSPS) is 27.5. The molecule has 1 atom stereocenters. The molecule has 0 radical (unpaired) electrons. The van der Waals surface area contributed by atoms with Crippen LogP contribution in [0.2, 0.25) is 0 Å². The predicted molar refractivity (Wildman–Crippen MR) is 82.4 cm³/mol. The minimum atomic E-state index is 0.544. The van der Waals surface area contributed by atoms with Crippen molar-refractivity contribution in [3.63, 3.8) is 0 Å². The Kier molecular flexibility index (Phi) is 5.87. The van der Waals surface area contributed by atoms with Crippen molar-refractivity contribution in [3.8, 4) is 0 Å². The van der Waals surface area contributed by atoms with E-state index in [4.69, 9.17) is 4.99 Å². The van der Waals surface area contributed by atoms with Gasteiger partial charge in [-0.05, 0) is 25.2 Å². The van der Waals surface area contributed by atoms with Crippen LogP contribution >= 0.6 is 11.8 Å². The van der Waals surface area contributed by atoms with E-state index < -0.39 is 0 Å². The first kappa shape index (κ1) is 14.2. The second-order valence-electron chi connectivity index (χ2n) is 6.07. The summed E-state index contributed by atoms with van der Waals surface area (Å²) in [5.41, 5.74) is 0. The second kappa shape index (κ2) is 7.42. The van der Waals surface area contributed by atoms with E-state index in [0.29, 0.717) is 18.0 Å². The highest BCUT2D eigenvalue weighted by atomic mass is 32.2. The van der Waals surface area contributed by atoms with Crippen LogP contribution in [0.25, 0.3) is 0 Å². The summed E-state index contributed by atoms with van der Waals surface area (Å²) in [4.78, 5) is 4.90. The van der Waals surface area contributed by atoms with E-state index in [9.17, 15) is 0 Å². The van der Waals surface area contributed by atoms with Gasteiger partial charge >= 0.3 is 0 Å². The van der Waals surface area contributed by atoms with Crippen LogP contribution in [0.4, 0.5) is 0 Å². The number of aliphatic imine (C=N–C) groups is 1. The summed E-state index contributed by atoms with van der Waals surface area (Å²) < 4.78 is 0. The van der Waals surface area contributed by atoms with E-state index in [0.717, 1.165) is 0 Å². The molecule has 3 heteroatoms. The van der Waals surface area contributed by atoms with E-state index in [1.54, 1.807) is 0 Å². The molecule has 18 heavy (non-hydrogen) atoms. The maximum Gasteiger partial charge on any atom is 0.157 e. The van der Waals surface area contributed by atoms with Crippen molar-refractivity contribution >= 4 is 16.9 Å². The zero-order valence-electron chi connectivity index (χ0n) is 12.0. The van der Waals surface area contributed by atoms with Crippen molar-refractivity contribution < 1.29 is 0 Å². The summed E-state index contributed by atoms with van der Waals surface area (Å²) in [5.74, 6) is 1.92. The Morgan fingerprint density at radius 3 is 2.39 bits per heavy atom. The van der Waals surface area contributed by atoms with E-state index in [2.05, 4.69) is 19.2 Å². The third-order valence-electron chi connectivity index (χ3n) is 4.14. The fraction of sp³-hybridized carbons (Fsp3) is 0.933. The molecule has 1 N–H and O–H groups in total. The Labute approximate surface area is 116 Å². The zero-order chi connectivity index (χ0) is 12.8. The van der Waals surface area contributed by atoms with Crippen molar-refractivity contribution in [1.82, 2.24) is 5.32 Å². The van der Waals surface area contributed by atoms with Crippen LogP contribution in [-0.2, 0) is 0 Å². The van der Waals surface area contributed by atoms with Gasteiger partial charge in [-0.1, -0.05) is 57.7 Å². The lowest BCUT2D eigenvalue weighted by atomic mass is 9.97. The monoisotopic (exact) mass is 268 g/mol. The number of amidine groups is 1. The molecule has 0 aromatic heterocycles. The number of nitrogens with zero attached hydrogens (tertiary/aromatic N) is 1. The zero-order valence-corrected chi connectivity index (χ0v) is 12.8. The average Bonchev–Trinajstić information content (AvgIpc) is 2.33. The minimum Gasteiger partial charge on any atom is -0.362 e. The van der Waals surface area contributed by atoms with Crippen LogP contribution in [0.1, 0.15) is 65.2 Å². The summed E-state index contributed by atoms with van der Waals surface area (Å²) in [6, 6.07) is 1.23. The van der Waals surface area contributed by atoms with Gasteiger partial charge in [0.1, 0.15) is 0 Å². The summed E-state index contributed by atoms with van der Waals surface area (Å²) in [6.07, 6.45) is 11.0. The second-order valence-corrected chi connectivity index (χ2v) is 7.15. The molecule has 0 aromatic rings. The maximum absolute atomic E-state index is 4.90. The van der Waals surface area contributed by atoms with E-state index >= 15 is 0 Å². The van der Waals surface area contributed by atoms with Crippen LogP contribution in [0, 0.1) is 5.92 Å². The highest BCUT2D eigenvalue weighted by molar-refractivity contribution is 8.13. The lowest BCUT2D eigenvalue weighted by Gasteiger charge is -2.27. The van der Waals surface area contributed by atoms with Crippen molar-refractivity contribution in [2.75, 3.05) is 5.75 Å². The minimum absolute atomic E-state index is 0.544. The van der Waals surface area contributed by atoms with Gasteiger partial charge in [-0.15, -0.1) is 0 Å². The molecule has 1 heterocycles. The molecule has 1 saturated carbocycles. The molecule has 2 nitrogen and oxygen atoms in total. The first-order chi connectivity index (χ1) is 8.75. The van der Waals surface area contributed by atoms with E-state index in [1.165, 1.54) is 62.3 Å². The van der Waals surface area contributed by atoms with E-state index in [1.807, 2.05) is 11.8 Å². The predicted octanol–water partition coefficient (Wildman–Crippen LogP) is 4.21. The maximum atomic E-state index is 4.90. The van der Waals surface area contributed by atoms with E-state index in [-0.39, 0.29) is 0 Å². The summed E-state index contributed by atoms with van der Waals surface area (Å²) in [7, 11) is 0. The summed E-state index contributed by atoms with van der Waals surface area (Å²) in [5, 5.41) is 4.95. The van der Waals surface area contributed by atoms with Crippen molar-refractivity contribution in [3.05, 3.63) is 0 Å². The van der Waals surface area contributed by atoms with Gasteiger partial charge in [0.15, 0.2) is 5.17 Å². The Bertz CT molecular complexity index is 268. The average molecular weight is 268 g/mol. The summed E-state index contributed by atoms with van der Waals surface area (Å²) in [6.45, 7) is 4.58. The summed E-state index contributed by atoms with van der Waals surface area (Å²) >= 11 is 1.93. The topological polar surface area (TPSA) is 24.4 Å². The van der Waals surface area contributed by atoms with Crippen LogP contribution in [0.15, 0.2) is 4.99 Å². The Morgan fingerprint density at radius 1 is 1.06 bits per heavy atom. The number of hydrogen-bond acceptors (Lipinski definition) is 3. The largest absolute Gasteiger partial charge is 0.362 e. The molecule has 0 aromatic carbocycles. The number of thioether (sulfide) groups is 1. The van der Waals surface area contributed by atoms with Gasteiger partial charge in [0.25, 0.3) is 0 Å². The van der Waals surface area contributed by atoms with Gasteiger partial charge in [0, 0.05) is 11.8 Å². The SMILES string of the molecule is CC(C)C1CCSC(NC2CCCCCCC2)=N1. The molecule has 0 spiro atoms.